The fraction of sp³-hybridized carbons (Fsp3) is 0.267. The van der Waals surface area contributed by atoms with E-state index in [1.807, 2.05) is 35.8 Å². The number of rotatable bonds is 6. The quantitative estimate of drug-likeness (QED) is 0.628. The molecule has 0 spiro atoms. The highest BCUT2D eigenvalue weighted by Crippen LogP contribution is 2.20. The number of hydrogen-bond acceptors (Lipinski definition) is 5. The van der Waals surface area contributed by atoms with Crippen molar-refractivity contribution < 1.29 is 13.2 Å². The number of ether oxygens (including phenoxy) is 1. The zero-order chi connectivity index (χ0) is 16.3. The Hall–Kier alpha value is -1.48. The van der Waals surface area contributed by atoms with Crippen LogP contribution in [0.4, 0.5) is 0 Å². The molecule has 122 valence electrons. The zero-order valence-electron chi connectivity index (χ0n) is 12.5. The second-order valence-corrected chi connectivity index (χ2v) is 8.49. The lowest BCUT2D eigenvalue weighted by atomic mass is 10.3. The summed E-state index contributed by atoms with van der Waals surface area (Å²) in [5.41, 5.74) is 0.970. The van der Waals surface area contributed by atoms with Gasteiger partial charge in [-0.1, -0.05) is 29.5 Å². The van der Waals surface area contributed by atoms with E-state index in [-0.39, 0.29) is 4.21 Å². The molecule has 0 amide bonds. The molecule has 0 aliphatic heterocycles. The maximum atomic E-state index is 12.4. The molecule has 0 radical (unpaired) electrons. The maximum Gasteiger partial charge on any atom is 0.294 e. The average Bonchev–Trinajstić information content (AvgIpc) is 3.16. The van der Waals surface area contributed by atoms with Gasteiger partial charge in [-0.05, 0) is 30.5 Å². The van der Waals surface area contributed by atoms with Crippen LogP contribution in [-0.4, -0.2) is 26.2 Å². The Morgan fingerprint density at radius 1 is 1.22 bits per heavy atom. The first-order chi connectivity index (χ1) is 11.1. The number of benzene rings is 1. The van der Waals surface area contributed by atoms with Gasteiger partial charge >= 0.3 is 0 Å². The van der Waals surface area contributed by atoms with E-state index in [1.54, 1.807) is 17.5 Å². The number of para-hydroxylation sites is 1. The van der Waals surface area contributed by atoms with Crippen LogP contribution in [-0.2, 0) is 21.3 Å². The molecule has 0 aliphatic rings. The number of aromatic nitrogens is 1. The lowest BCUT2D eigenvalue weighted by Crippen LogP contribution is -2.19. The van der Waals surface area contributed by atoms with Crippen molar-refractivity contribution >= 4 is 42.9 Å². The van der Waals surface area contributed by atoms with Crippen molar-refractivity contribution in [3.8, 4) is 0 Å². The maximum absolute atomic E-state index is 12.4. The van der Waals surface area contributed by atoms with Crippen molar-refractivity contribution in [2.75, 3.05) is 13.2 Å². The minimum atomic E-state index is -3.68. The highest BCUT2D eigenvalue weighted by atomic mass is 32.2. The highest BCUT2D eigenvalue weighted by molar-refractivity contribution is 7.92. The molecule has 3 rings (SSSR count). The molecular weight excluding hydrogens is 352 g/mol. The number of thiophene rings is 1. The molecule has 0 bridgehead atoms. The van der Waals surface area contributed by atoms with Gasteiger partial charge in [-0.2, -0.15) is 8.42 Å². The van der Waals surface area contributed by atoms with Gasteiger partial charge in [-0.15, -0.1) is 15.7 Å². The summed E-state index contributed by atoms with van der Waals surface area (Å²) in [6.07, 6.45) is 0. The molecule has 23 heavy (non-hydrogen) atoms. The van der Waals surface area contributed by atoms with E-state index in [1.165, 1.54) is 22.7 Å². The highest BCUT2D eigenvalue weighted by Gasteiger charge is 2.15. The van der Waals surface area contributed by atoms with Crippen LogP contribution in [0.5, 0.6) is 0 Å². The number of hydrogen-bond donors (Lipinski definition) is 0. The minimum Gasteiger partial charge on any atom is -0.380 e. The summed E-state index contributed by atoms with van der Waals surface area (Å²) in [5.74, 6) is 0. The number of nitrogens with zero attached hydrogens (tertiary/aromatic N) is 2. The Morgan fingerprint density at radius 3 is 2.78 bits per heavy atom. The van der Waals surface area contributed by atoms with Crippen molar-refractivity contribution in [2.24, 2.45) is 4.40 Å². The summed E-state index contributed by atoms with van der Waals surface area (Å²) in [4.78, 5) is 0.472. The normalized spacial score (nSPS) is 13.0. The molecule has 3 aromatic rings. The molecule has 8 heteroatoms. The summed E-state index contributed by atoms with van der Waals surface area (Å²) in [6, 6.07) is 11.1. The average molecular weight is 369 g/mol. The van der Waals surface area contributed by atoms with Crippen molar-refractivity contribution in [1.29, 1.82) is 0 Å². The van der Waals surface area contributed by atoms with Gasteiger partial charge in [0, 0.05) is 13.2 Å². The monoisotopic (exact) mass is 368 g/mol. The largest absolute Gasteiger partial charge is 0.380 e. The van der Waals surface area contributed by atoms with E-state index in [0.717, 1.165) is 10.2 Å². The first kappa shape index (κ1) is 16.4. The fourth-order valence-corrected chi connectivity index (χ4v) is 5.39. The van der Waals surface area contributed by atoms with Crippen molar-refractivity contribution in [3.05, 3.63) is 46.6 Å². The Balaban J connectivity index is 2.12. The third-order valence-electron chi connectivity index (χ3n) is 3.20. The molecule has 5 nitrogen and oxygen atoms in total. The van der Waals surface area contributed by atoms with Gasteiger partial charge in [-0.25, -0.2) is 0 Å². The second kappa shape index (κ2) is 6.96. The molecule has 0 saturated carbocycles. The van der Waals surface area contributed by atoms with Crippen LogP contribution in [0, 0.1) is 0 Å². The third kappa shape index (κ3) is 3.55. The molecule has 2 aromatic heterocycles. The standard InChI is InChI=1S/C15H16N2O3S3/c1-2-20-10-9-17-12-6-3-4-7-13(12)22-15(17)16-23(18,19)14-8-5-11-21-14/h3-8,11H,2,9-10H2,1H3/b16-15-. The smallest absolute Gasteiger partial charge is 0.294 e. The van der Waals surface area contributed by atoms with E-state index >= 15 is 0 Å². The van der Waals surface area contributed by atoms with Crippen molar-refractivity contribution in [3.63, 3.8) is 0 Å². The van der Waals surface area contributed by atoms with Crippen LogP contribution in [0.15, 0.2) is 50.4 Å². The van der Waals surface area contributed by atoms with Gasteiger partial charge in [0.15, 0.2) is 0 Å². The van der Waals surface area contributed by atoms with Gasteiger partial charge in [0.1, 0.15) is 4.21 Å². The van der Waals surface area contributed by atoms with Gasteiger partial charge < -0.3 is 9.30 Å². The van der Waals surface area contributed by atoms with Crippen molar-refractivity contribution in [2.45, 2.75) is 17.7 Å². The SMILES string of the molecule is CCOCCn1/c(=N/S(=O)(=O)c2cccs2)sc2ccccc21. The first-order valence-electron chi connectivity index (χ1n) is 7.12. The lowest BCUT2D eigenvalue weighted by Gasteiger charge is -2.05. The molecule has 2 heterocycles. The van der Waals surface area contributed by atoms with Gasteiger partial charge in [-0.3, -0.25) is 0 Å². The first-order valence-corrected chi connectivity index (χ1v) is 10.3. The Morgan fingerprint density at radius 2 is 2.04 bits per heavy atom. The number of fused-ring (bicyclic) bond motifs is 1. The zero-order valence-corrected chi connectivity index (χ0v) is 15.0. The summed E-state index contributed by atoms with van der Waals surface area (Å²) in [6.45, 7) is 3.64. The molecule has 0 atom stereocenters. The molecule has 0 aliphatic carbocycles. The van der Waals surface area contributed by atoms with Crippen LogP contribution in [0.25, 0.3) is 10.2 Å². The molecule has 0 unspecified atom stereocenters. The number of thiazole rings is 1. The summed E-state index contributed by atoms with van der Waals surface area (Å²) < 4.78 is 37.5. The summed E-state index contributed by atoms with van der Waals surface area (Å²) in [5, 5.41) is 1.73. The Kier molecular flexibility index (Phi) is 4.96. The predicted octanol–water partition coefficient (Wildman–Crippen LogP) is 3.09. The van der Waals surface area contributed by atoms with Gasteiger partial charge in [0.25, 0.3) is 10.0 Å². The second-order valence-electron chi connectivity index (χ2n) is 4.70. The Labute approximate surface area is 142 Å². The summed E-state index contributed by atoms with van der Waals surface area (Å²) >= 11 is 2.54. The van der Waals surface area contributed by atoms with E-state index in [2.05, 4.69) is 4.40 Å². The van der Waals surface area contributed by atoms with E-state index in [0.29, 0.717) is 24.6 Å². The summed E-state index contributed by atoms with van der Waals surface area (Å²) in [7, 11) is -3.68. The topological polar surface area (TPSA) is 60.7 Å². The van der Waals surface area contributed by atoms with Gasteiger partial charge in [0.2, 0.25) is 4.80 Å². The van der Waals surface area contributed by atoms with Crippen LogP contribution < -0.4 is 4.80 Å². The van der Waals surface area contributed by atoms with Crippen LogP contribution >= 0.6 is 22.7 Å². The molecule has 0 N–H and O–H groups in total. The lowest BCUT2D eigenvalue weighted by molar-refractivity contribution is 0.139. The molecular formula is C15H16N2O3S3. The predicted molar refractivity (Wildman–Crippen MR) is 93.4 cm³/mol. The number of sulfonamides is 1. The molecule has 1 aromatic carbocycles. The molecule has 0 fully saturated rings. The Bertz CT molecular complexity index is 953. The van der Waals surface area contributed by atoms with Gasteiger partial charge in [0.05, 0.1) is 16.8 Å². The minimum absolute atomic E-state index is 0.256. The fourth-order valence-electron chi connectivity index (χ4n) is 2.17. The van der Waals surface area contributed by atoms with E-state index in [9.17, 15) is 8.42 Å². The van der Waals surface area contributed by atoms with Crippen LogP contribution in [0.1, 0.15) is 6.92 Å². The van der Waals surface area contributed by atoms with E-state index in [4.69, 9.17) is 4.74 Å². The van der Waals surface area contributed by atoms with Crippen molar-refractivity contribution in [1.82, 2.24) is 4.57 Å². The van der Waals surface area contributed by atoms with E-state index < -0.39 is 10.0 Å². The molecule has 0 saturated heterocycles. The van der Waals surface area contributed by atoms with Crippen LogP contribution in [0.3, 0.4) is 0 Å². The van der Waals surface area contributed by atoms with Crippen LogP contribution in [0.2, 0.25) is 0 Å². The third-order valence-corrected chi connectivity index (χ3v) is 7.01.